The fraction of sp³-hybridized carbons (Fsp3) is 0.353. The summed E-state index contributed by atoms with van der Waals surface area (Å²) in [6.07, 6.45) is 3.60. The van der Waals surface area contributed by atoms with Crippen molar-refractivity contribution in [2.45, 2.75) is 63.4 Å². The smallest absolute Gasteiger partial charge is 0.338 e. The molecule has 3 aromatic rings. The van der Waals surface area contributed by atoms with Crippen molar-refractivity contribution in [2.75, 3.05) is 13.7 Å². The highest BCUT2D eigenvalue weighted by atomic mass is 28.4. The topological polar surface area (TPSA) is 71.1 Å². The molecule has 0 unspecified atom stereocenters. The highest BCUT2D eigenvalue weighted by molar-refractivity contribution is 6.99. The number of rotatable bonds is 10. The van der Waals surface area contributed by atoms with E-state index in [-0.39, 0.29) is 17.2 Å². The van der Waals surface area contributed by atoms with Crippen molar-refractivity contribution >= 4 is 30.6 Å². The highest BCUT2D eigenvalue weighted by Gasteiger charge is 2.52. The molecule has 1 saturated heterocycles. The summed E-state index contributed by atoms with van der Waals surface area (Å²) in [5, 5.41) is 2.20. The lowest BCUT2D eigenvalue weighted by atomic mass is 10.00. The van der Waals surface area contributed by atoms with Crippen molar-refractivity contribution in [3.8, 4) is 0 Å². The molecule has 1 aliphatic heterocycles. The van der Waals surface area contributed by atoms with Gasteiger partial charge in [0.1, 0.15) is 6.10 Å². The third kappa shape index (κ3) is 7.41. The number of esters is 2. The van der Waals surface area contributed by atoms with Crippen LogP contribution in [-0.2, 0) is 23.4 Å². The van der Waals surface area contributed by atoms with E-state index in [4.69, 9.17) is 18.6 Å². The van der Waals surface area contributed by atoms with Crippen molar-refractivity contribution in [2.24, 2.45) is 0 Å². The number of carbonyl (C=O) groups is 2. The first-order chi connectivity index (χ1) is 19.7. The number of hydrogen-bond donors (Lipinski definition) is 0. The van der Waals surface area contributed by atoms with Gasteiger partial charge >= 0.3 is 11.9 Å². The van der Waals surface area contributed by atoms with E-state index >= 15 is 0 Å². The van der Waals surface area contributed by atoms with E-state index in [9.17, 15) is 9.59 Å². The Hall–Kier alpha value is -3.52. The average molecular weight is 573 g/mol. The maximum Gasteiger partial charge on any atom is 0.338 e. The molecule has 41 heavy (non-hydrogen) atoms. The summed E-state index contributed by atoms with van der Waals surface area (Å²) in [7, 11) is -1.52. The van der Waals surface area contributed by atoms with Crippen LogP contribution >= 0.6 is 0 Å². The molecule has 0 amide bonds. The van der Waals surface area contributed by atoms with Gasteiger partial charge in [0.15, 0.2) is 0 Å². The maximum absolute atomic E-state index is 13.0. The van der Waals surface area contributed by atoms with E-state index in [2.05, 4.69) is 69.3 Å². The molecule has 3 aromatic carbocycles. The van der Waals surface area contributed by atoms with E-state index in [1.807, 2.05) is 18.2 Å². The molecule has 216 valence electrons. The van der Waals surface area contributed by atoms with E-state index in [1.54, 1.807) is 30.3 Å². The summed E-state index contributed by atoms with van der Waals surface area (Å²) < 4.78 is 24.4. The summed E-state index contributed by atoms with van der Waals surface area (Å²) in [5.41, 5.74) is 0.439. The van der Waals surface area contributed by atoms with E-state index in [0.717, 1.165) is 12.8 Å². The Bertz CT molecular complexity index is 1250. The standard InChI is InChI=1S/C34H40O6Si/c1-34(2,3)41(28-17-10-6-11-18-28,29-19-12-7-13-20-29)40-30-21-14-24-38-31(30)25-27(22-23-32(35)37-4)39-33(36)26-15-8-5-9-16-26/h5-13,15-20,22-23,27,30-31H,14,21,24-25H2,1-4H3/b23-22-/t27-,30+,31+/m0/s1. The summed E-state index contributed by atoms with van der Waals surface area (Å²) >= 11 is 0. The van der Waals surface area contributed by atoms with Crippen LogP contribution in [0.3, 0.4) is 0 Å². The first-order valence-corrected chi connectivity index (χ1v) is 16.1. The van der Waals surface area contributed by atoms with Crippen LogP contribution in [0.4, 0.5) is 0 Å². The van der Waals surface area contributed by atoms with Gasteiger partial charge in [-0.05, 0) is 46.5 Å². The van der Waals surface area contributed by atoms with Crippen molar-refractivity contribution < 1.29 is 28.2 Å². The Morgan fingerprint density at radius 3 is 2.02 bits per heavy atom. The number of methoxy groups -OCH3 is 1. The van der Waals surface area contributed by atoms with Gasteiger partial charge in [0.05, 0.1) is 24.9 Å². The van der Waals surface area contributed by atoms with Gasteiger partial charge in [-0.15, -0.1) is 0 Å². The zero-order valence-electron chi connectivity index (χ0n) is 24.3. The van der Waals surface area contributed by atoms with E-state index < -0.39 is 26.4 Å². The van der Waals surface area contributed by atoms with Gasteiger partial charge in [0, 0.05) is 19.1 Å². The fourth-order valence-corrected chi connectivity index (χ4v) is 10.3. The Morgan fingerprint density at radius 2 is 1.49 bits per heavy atom. The van der Waals surface area contributed by atoms with Crippen molar-refractivity contribution in [3.05, 3.63) is 109 Å². The lowest BCUT2D eigenvalue weighted by molar-refractivity contribution is -0.134. The van der Waals surface area contributed by atoms with Crippen LogP contribution in [0.5, 0.6) is 0 Å². The van der Waals surface area contributed by atoms with Gasteiger partial charge < -0.3 is 18.6 Å². The van der Waals surface area contributed by atoms with Crippen LogP contribution < -0.4 is 10.4 Å². The molecule has 0 aromatic heterocycles. The minimum atomic E-state index is -2.84. The molecule has 0 bridgehead atoms. The quantitative estimate of drug-likeness (QED) is 0.183. The number of ether oxygens (including phenoxy) is 3. The predicted octanol–water partition coefficient (Wildman–Crippen LogP) is 5.46. The third-order valence-corrected chi connectivity index (χ3v) is 12.6. The molecular formula is C34H40O6Si. The van der Waals surface area contributed by atoms with Crippen molar-refractivity contribution in [1.29, 1.82) is 0 Å². The van der Waals surface area contributed by atoms with Gasteiger partial charge in [0.2, 0.25) is 0 Å². The molecule has 1 aliphatic rings. The second-order valence-corrected chi connectivity index (χ2v) is 15.6. The molecular weight excluding hydrogens is 532 g/mol. The molecule has 3 atom stereocenters. The van der Waals surface area contributed by atoms with Crippen LogP contribution in [-0.4, -0.2) is 52.3 Å². The second kappa shape index (κ2) is 13.9. The van der Waals surface area contributed by atoms with Crippen LogP contribution in [0.15, 0.2) is 103 Å². The molecule has 1 fully saturated rings. The summed E-state index contributed by atoms with van der Waals surface area (Å²) in [6, 6.07) is 29.9. The maximum atomic E-state index is 13.0. The normalized spacial score (nSPS) is 18.5. The summed E-state index contributed by atoms with van der Waals surface area (Å²) in [6.45, 7) is 7.34. The molecule has 7 heteroatoms. The second-order valence-electron chi connectivity index (χ2n) is 11.3. The van der Waals surface area contributed by atoms with Gasteiger partial charge in [-0.25, -0.2) is 9.59 Å². The van der Waals surface area contributed by atoms with Gasteiger partial charge in [-0.3, -0.25) is 0 Å². The zero-order valence-corrected chi connectivity index (χ0v) is 25.3. The Morgan fingerprint density at radius 1 is 0.927 bits per heavy atom. The van der Waals surface area contributed by atoms with Crippen LogP contribution in [0.1, 0.15) is 50.4 Å². The largest absolute Gasteiger partial charge is 0.466 e. The molecule has 0 aliphatic carbocycles. The average Bonchev–Trinajstić information content (AvgIpc) is 2.99. The molecule has 0 N–H and O–H groups in total. The van der Waals surface area contributed by atoms with Gasteiger partial charge in [0.25, 0.3) is 8.32 Å². The van der Waals surface area contributed by atoms with E-state index in [0.29, 0.717) is 18.6 Å². The van der Waals surface area contributed by atoms with Crippen LogP contribution in [0, 0.1) is 0 Å². The number of hydrogen-bond acceptors (Lipinski definition) is 6. The van der Waals surface area contributed by atoms with Gasteiger partial charge in [-0.2, -0.15) is 0 Å². The summed E-state index contributed by atoms with van der Waals surface area (Å²) in [4.78, 5) is 24.9. The van der Waals surface area contributed by atoms with E-state index in [1.165, 1.54) is 23.6 Å². The van der Waals surface area contributed by atoms with Crippen molar-refractivity contribution in [3.63, 3.8) is 0 Å². The molecule has 6 nitrogen and oxygen atoms in total. The molecule has 0 radical (unpaired) electrons. The molecule has 0 spiro atoms. The predicted molar refractivity (Wildman–Crippen MR) is 163 cm³/mol. The first-order valence-electron chi connectivity index (χ1n) is 14.2. The Labute approximate surface area is 244 Å². The zero-order chi connectivity index (χ0) is 29.3. The Balaban J connectivity index is 1.68. The molecule has 0 saturated carbocycles. The van der Waals surface area contributed by atoms with Gasteiger partial charge in [-0.1, -0.05) is 99.6 Å². The fourth-order valence-electron chi connectivity index (χ4n) is 5.51. The SMILES string of the molecule is COC(=O)/C=C\[C@@H](C[C@H]1OCCC[C@H]1O[Si](c1ccccc1)(c1ccccc1)C(C)(C)C)OC(=O)c1ccccc1. The summed E-state index contributed by atoms with van der Waals surface area (Å²) in [5.74, 6) is -0.985. The van der Waals surface area contributed by atoms with Crippen molar-refractivity contribution in [1.82, 2.24) is 0 Å². The monoisotopic (exact) mass is 572 g/mol. The minimum Gasteiger partial charge on any atom is -0.466 e. The highest BCUT2D eigenvalue weighted by Crippen LogP contribution is 2.39. The minimum absolute atomic E-state index is 0.193. The lowest BCUT2D eigenvalue weighted by Gasteiger charge is -2.47. The molecule has 4 rings (SSSR count). The van der Waals surface area contributed by atoms with Crippen LogP contribution in [0.2, 0.25) is 5.04 Å². The first kappa shape index (κ1) is 30.4. The molecule has 1 heterocycles. The number of benzene rings is 3. The Kier molecular flexibility index (Phi) is 10.3. The lowest BCUT2D eigenvalue weighted by Crippen LogP contribution is -2.68. The third-order valence-electron chi connectivity index (χ3n) is 7.51. The van der Waals surface area contributed by atoms with Crippen LogP contribution in [0.25, 0.3) is 0 Å². The number of carbonyl (C=O) groups excluding carboxylic acids is 2.